The summed E-state index contributed by atoms with van der Waals surface area (Å²) in [6, 6.07) is 2.54. The fourth-order valence-corrected chi connectivity index (χ4v) is 7.73. The number of ether oxygens (including phenoxy) is 1. The number of benzene rings is 1. The number of aliphatic hydroxyl groups excluding tert-OH is 3. The van der Waals surface area contributed by atoms with Gasteiger partial charge in [-0.3, -0.25) is 19.3 Å². The van der Waals surface area contributed by atoms with E-state index in [0.717, 1.165) is 25.9 Å². The second-order valence-electron chi connectivity index (χ2n) is 13.2. The number of β-lactam (4-membered cyclic amide) rings is 2. The summed E-state index contributed by atoms with van der Waals surface area (Å²) in [6.45, 7) is 9.36. The zero-order valence-electron chi connectivity index (χ0n) is 30.2. The van der Waals surface area contributed by atoms with Crippen molar-refractivity contribution >= 4 is 41.4 Å². The van der Waals surface area contributed by atoms with Crippen molar-refractivity contribution in [3.8, 4) is 5.75 Å². The topological polar surface area (TPSA) is 285 Å². The van der Waals surface area contributed by atoms with Crippen LogP contribution in [0.2, 0.25) is 0 Å². The fourth-order valence-electron chi connectivity index (χ4n) is 6.11. The van der Waals surface area contributed by atoms with Gasteiger partial charge in [-0.2, -0.15) is 0 Å². The number of hydrogen-bond donors (Lipinski definition) is 10. The summed E-state index contributed by atoms with van der Waals surface area (Å²) >= 11 is 1.35. The van der Waals surface area contributed by atoms with E-state index < -0.39 is 64.3 Å². The molecule has 3 amide bonds. The Morgan fingerprint density at radius 1 is 0.981 bits per heavy atom. The van der Waals surface area contributed by atoms with Gasteiger partial charge in [-0.1, -0.05) is 26.0 Å². The van der Waals surface area contributed by atoms with Gasteiger partial charge in [-0.25, -0.2) is 9.59 Å². The first-order chi connectivity index (χ1) is 25.1. The average molecular weight is 769 g/mol. The molecule has 4 aliphatic rings. The molecule has 296 valence electrons. The lowest BCUT2D eigenvalue weighted by atomic mass is 9.95. The van der Waals surface area contributed by atoms with Gasteiger partial charge >= 0.3 is 11.9 Å². The number of carbonyl (C=O) groups excluding carboxylic acids is 3. The lowest BCUT2D eigenvalue weighted by Gasteiger charge is -2.43. The van der Waals surface area contributed by atoms with Gasteiger partial charge in [0.25, 0.3) is 0 Å². The molecule has 0 aliphatic carbocycles. The van der Waals surface area contributed by atoms with Crippen LogP contribution in [0.4, 0.5) is 0 Å². The van der Waals surface area contributed by atoms with Gasteiger partial charge in [0.15, 0.2) is 12.3 Å². The first-order valence-corrected chi connectivity index (χ1v) is 18.2. The van der Waals surface area contributed by atoms with Crippen molar-refractivity contribution in [2.45, 2.75) is 99.6 Å². The molecule has 5 rings (SSSR count). The molecule has 0 saturated carbocycles. The van der Waals surface area contributed by atoms with Gasteiger partial charge in [0.05, 0.1) is 26.2 Å². The highest BCUT2D eigenvalue weighted by molar-refractivity contribution is 8.01. The summed E-state index contributed by atoms with van der Waals surface area (Å²) in [6.07, 6.45) is 2.90. The van der Waals surface area contributed by atoms with Crippen molar-refractivity contribution in [3.63, 3.8) is 0 Å². The molecule has 18 nitrogen and oxygen atoms in total. The largest absolute Gasteiger partial charge is 0.508 e. The van der Waals surface area contributed by atoms with Crippen LogP contribution in [0.3, 0.4) is 0 Å². The number of thioether (sulfide) groups is 1. The SMILES string of the molecule is CC1(C)S[C@@H]2[C@H](NC(=O)[C@H](N)c3ccc(O)cc3)C(=O)N2[C@H]1C(=O)O.CC[C@@H](CO)NCCN[C@@H](CC)CO.O=C(O)[C@H]1/C(=C/CO)O[C@@H]2CC(=O)N21. The monoisotopic (exact) mass is 768 g/mol. The summed E-state index contributed by atoms with van der Waals surface area (Å²) in [5, 5.41) is 62.6. The highest BCUT2D eigenvalue weighted by atomic mass is 32.2. The van der Waals surface area contributed by atoms with Crippen LogP contribution < -0.4 is 21.7 Å². The number of aliphatic carboxylic acids is 2. The number of nitrogens with zero attached hydrogens (tertiary/aromatic N) is 2. The number of amides is 3. The zero-order chi connectivity index (χ0) is 39.6. The maximum absolute atomic E-state index is 12.3. The minimum atomic E-state index is -1.14. The Bertz CT molecular complexity index is 1460. The predicted octanol–water partition coefficient (Wildman–Crippen LogP) is -1.36. The molecule has 1 aromatic rings. The number of aliphatic hydroxyl groups is 3. The van der Waals surface area contributed by atoms with E-state index in [1.807, 2.05) is 13.8 Å². The second-order valence-corrected chi connectivity index (χ2v) is 15.0. The van der Waals surface area contributed by atoms with Crippen molar-refractivity contribution < 1.29 is 59.3 Å². The molecule has 4 fully saturated rings. The first kappa shape index (κ1) is 43.4. The molecule has 0 spiro atoms. The van der Waals surface area contributed by atoms with Crippen molar-refractivity contribution in [1.29, 1.82) is 0 Å². The van der Waals surface area contributed by atoms with E-state index in [-0.39, 0.29) is 55.7 Å². The minimum Gasteiger partial charge on any atom is -0.508 e. The molecule has 4 aliphatic heterocycles. The minimum absolute atomic E-state index is 0.0606. The number of carboxylic acids is 2. The number of nitrogens with two attached hydrogens (primary N) is 1. The highest BCUT2D eigenvalue weighted by Gasteiger charge is 2.64. The molecule has 0 aromatic heterocycles. The van der Waals surface area contributed by atoms with Gasteiger partial charge in [0.2, 0.25) is 17.7 Å². The van der Waals surface area contributed by atoms with Crippen LogP contribution in [0.5, 0.6) is 5.75 Å². The Kier molecular flexibility index (Phi) is 15.9. The Morgan fingerprint density at radius 3 is 2.00 bits per heavy atom. The molecule has 53 heavy (non-hydrogen) atoms. The van der Waals surface area contributed by atoms with E-state index in [2.05, 4.69) is 16.0 Å². The normalized spacial score (nSPS) is 25.9. The summed E-state index contributed by atoms with van der Waals surface area (Å²) in [5.74, 6) is -3.16. The zero-order valence-corrected chi connectivity index (χ0v) is 31.0. The molecule has 11 N–H and O–H groups in total. The smallest absolute Gasteiger partial charge is 0.334 e. The van der Waals surface area contributed by atoms with E-state index in [0.29, 0.717) is 5.56 Å². The lowest BCUT2D eigenvalue weighted by Crippen LogP contribution is -2.71. The van der Waals surface area contributed by atoms with Crippen molar-refractivity contribution in [3.05, 3.63) is 41.7 Å². The summed E-state index contributed by atoms with van der Waals surface area (Å²) in [4.78, 5) is 60.5. The highest BCUT2D eigenvalue weighted by Crippen LogP contribution is 2.50. The standard InChI is InChI=1S/C16H19N3O5S.C10H24N2O2.C8H9NO5/c1-16(2)11(15(23)24)19-13(22)10(14(19)25-16)18-12(21)9(17)7-3-5-8(20)6-4-7;1-3-9(7-13)11-5-6-12-10(4-2)8-14;10-2-1-4-7(8(12)13)9-5(11)3-6(9)14-4/h3-6,9-11,14,20H,17H2,1-2H3,(H,18,21)(H,23,24);9-14H,3-8H2,1-2H3;1,6-7,10H,2-3H2,(H,12,13)/b;;4-1-/t9-,10-,11+,14-;9-,10-;6-,7-/m101/s1. The number of fused-ring (bicyclic) bond motifs is 2. The van der Waals surface area contributed by atoms with Gasteiger partial charge in [0.1, 0.15) is 35.0 Å². The van der Waals surface area contributed by atoms with Crippen LogP contribution in [0.25, 0.3) is 0 Å². The van der Waals surface area contributed by atoms with Crippen LogP contribution in [0.15, 0.2) is 36.1 Å². The first-order valence-electron chi connectivity index (χ1n) is 17.3. The van der Waals surface area contributed by atoms with Gasteiger partial charge in [-0.05, 0) is 50.5 Å². The molecule has 0 unspecified atom stereocenters. The van der Waals surface area contributed by atoms with Crippen LogP contribution >= 0.6 is 11.8 Å². The number of phenols is 1. The van der Waals surface area contributed by atoms with E-state index in [1.54, 1.807) is 13.8 Å². The van der Waals surface area contributed by atoms with Gasteiger partial charge in [0, 0.05) is 29.9 Å². The third-order valence-corrected chi connectivity index (χ3v) is 10.8. The van der Waals surface area contributed by atoms with E-state index in [1.165, 1.54) is 51.9 Å². The van der Waals surface area contributed by atoms with Crippen LogP contribution in [0.1, 0.15) is 58.6 Å². The third-order valence-electron chi connectivity index (χ3n) is 9.22. The Morgan fingerprint density at radius 2 is 1.55 bits per heavy atom. The van der Waals surface area contributed by atoms with E-state index in [9.17, 15) is 34.2 Å². The maximum Gasteiger partial charge on any atom is 0.334 e. The van der Waals surface area contributed by atoms with Gasteiger partial charge < -0.3 is 62.0 Å². The maximum atomic E-state index is 12.3. The quantitative estimate of drug-likeness (QED) is 0.0728. The molecular weight excluding hydrogens is 716 g/mol. The Hall–Kier alpha value is -3.98. The van der Waals surface area contributed by atoms with Gasteiger partial charge in [-0.15, -0.1) is 11.8 Å². The number of carboxylic acid groups (broad SMARTS) is 2. The summed E-state index contributed by atoms with van der Waals surface area (Å²) < 4.78 is 4.52. The van der Waals surface area contributed by atoms with E-state index in [4.69, 9.17) is 30.9 Å². The molecule has 1 aromatic carbocycles. The van der Waals surface area contributed by atoms with Crippen molar-refractivity contribution in [2.75, 3.05) is 32.9 Å². The van der Waals surface area contributed by atoms with Crippen LogP contribution in [-0.4, -0.2) is 150 Å². The Balaban J connectivity index is 0.000000231. The number of carbonyl (C=O) groups is 5. The Labute approximate surface area is 311 Å². The molecule has 19 heteroatoms. The molecule has 8 atom stereocenters. The molecule has 0 bridgehead atoms. The molecular formula is C34H52N6O12S. The number of rotatable bonds is 15. The number of aromatic hydroxyl groups is 1. The number of phenolic OH excluding ortho intramolecular Hbond substituents is 1. The molecule has 0 radical (unpaired) electrons. The van der Waals surface area contributed by atoms with E-state index >= 15 is 0 Å². The van der Waals surface area contributed by atoms with Crippen molar-refractivity contribution in [2.24, 2.45) is 5.73 Å². The van der Waals surface area contributed by atoms with Crippen molar-refractivity contribution in [1.82, 2.24) is 25.8 Å². The summed E-state index contributed by atoms with van der Waals surface area (Å²) in [5.41, 5.74) is 6.41. The lowest BCUT2D eigenvalue weighted by molar-refractivity contribution is -0.163. The number of hydrogen-bond acceptors (Lipinski definition) is 14. The fraction of sp³-hybridized carbons (Fsp3) is 0.618. The second kappa shape index (κ2) is 19.4. The van der Waals surface area contributed by atoms with Crippen LogP contribution in [-0.2, 0) is 28.7 Å². The average Bonchev–Trinajstić information content (AvgIpc) is 3.56. The summed E-state index contributed by atoms with van der Waals surface area (Å²) in [7, 11) is 0. The third kappa shape index (κ3) is 10.4. The molecule has 4 saturated heterocycles. The van der Waals surface area contributed by atoms with Crippen LogP contribution in [0, 0.1) is 0 Å². The predicted molar refractivity (Wildman–Crippen MR) is 192 cm³/mol. The molecule has 4 heterocycles. The number of nitrogens with one attached hydrogen (secondary N) is 3.